The molecule has 0 saturated carbocycles. The number of rotatable bonds is 5. The summed E-state index contributed by atoms with van der Waals surface area (Å²) in [5.74, 6) is 0. The van der Waals surface area contributed by atoms with E-state index < -0.39 is 0 Å². The lowest BCUT2D eigenvalue weighted by Crippen LogP contribution is -2.28. The number of ether oxygens (including phenoxy) is 1. The number of benzene rings is 1. The van der Waals surface area contributed by atoms with Crippen molar-refractivity contribution < 1.29 is 9.66 Å². The van der Waals surface area contributed by atoms with Gasteiger partial charge in [0.2, 0.25) is 0 Å². The smallest absolute Gasteiger partial charge is 0.273 e. The number of alkyl halides is 1. The molecular weight excluding hydrogens is 312 g/mol. The van der Waals surface area contributed by atoms with E-state index in [1.54, 1.807) is 12.1 Å². The molecule has 1 unspecified atom stereocenters. The first-order valence-corrected chi connectivity index (χ1v) is 7.40. The number of likely N-dealkylation sites (N-methyl/N-ethyl adjacent to an activating group) is 1. The Kier molecular flexibility index (Phi) is 4.76. The summed E-state index contributed by atoms with van der Waals surface area (Å²) in [6.07, 6.45) is 2.47. The average molecular weight is 329 g/mol. The number of anilines is 1. The third-order valence-electron chi connectivity index (χ3n) is 3.35. The zero-order valence-electron chi connectivity index (χ0n) is 10.8. The lowest BCUT2D eigenvalue weighted by molar-refractivity contribution is -0.385. The molecule has 1 aliphatic rings. The molecule has 5 nitrogen and oxygen atoms in total. The van der Waals surface area contributed by atoms with Gasteiger partial charge in [0, 0.05) is 42.8 Å². The van der Waals surface area contributed by atoms with Crippen molar-refractivity contribution in [2.75, 3.05) is 25.1 Å². The highest BCUT2D eigenvalue weighted by Gasteiger charge is 2.19. The van der Waals surface area contributed by atoms with Gasteiger partial charge < -0.3 is 9.64 Å². The van der Waals surface area contributed by atoms with Crippen LogP contribution in [0.2, 0.25) is 0 Å². The molecule has 0 spiro atoms. The van der Waals surface area contributed by atoms with Crippen LogP contribution in [0, 0.1) is 10.1 Å². The van der Waals surface area contributed by atoms with Gasteiger partial charge >= 0.3 is 0 Å². The van der Waals surface area contributed by atoms with Crippen molar-refractivity contribution in [1.29, 1.82) is 0 Å². The summed E-state index contributed by atoms with van der Waals surface area (Å²) in [4.78, 5) is 12.6. The van der Waals surface area contributed by atoms with Crippen LogP contribution >= 0.6 is 15.9 Å². The minimum atomic E-state index is -0.347. The van der Waals surface area contributed by atoms with Crippen molar-refractivity contribution in [3.05, 3.63) is 33.9 Å². The molecule has 1 atom stereocenters. The number of nitro benzene ring substituents is 1. The topological polar surface area (TPSA) is 55.6 Å². The van der Waals surface area contributed by atoms with Crippen molar-refractivity contribution in [3.63, 3.8) is 0 Å². The van der Waals surface area contributed by atoms with Crippen LogP contribution in [0.15, 0.2) is 18.2 Å². The summed E-state index contributed by atoms with van der Waals surface area (Å²) in [7, 11) is 1.99. The van der Waals surface area contributed by atoms with Crippen LogP contribution in [-0.4, -0.2) is 31.2 Å². The van der Waals surface area contributed by atoms with Gasteiger partial charge in [-0.15, -0.1) is 0 Å². The van der Waals surface area contributed by atoms with Gasteiger partial charge in [-0.25, -0.2) is 0 Å². The van der Waals surface area contributed by atoms with Crippen LogP contribution < -0.4 is 4.90 Å². The van der Waals surface area contributed by atoms with Crippen molar-refractivity contribution in [2.45, 2.75) is 24.3 Å². The summed E-state index contributed by atoms with van der Waals surface area (Å²) < 4.78 is 5.60. The van der Waals surface area contributed by atoms with Crippen LogP contribution in [0.25, 0.3) is 0 Å². The molecule has 0 aromatic heterocycles. The first-order chi connectivity index (χ1) is 9.11. The number of hydrogen-bond donors (Lipinski definition) is 0. The normalized spacial score (nSPS) is 18.5. The largest absolute Gasteiger partial charge is 0.376 e. The minimum Gasteiger partial charge on any atom is -0.376 e. The Morgan fingerprint density at radius 1 is 1.58 bits per heavy atom. The summed E-state index contributed by atoms with van der Waals surface area (Å²) in [6.45, 7) is 1.66. The zero-order chi connectivity index (χ0) is 13.8. The van der Waals surface area contributed by atoms with E-state index in [1.165, 1.54) is 0 Å². The summed E-state index contributed by atoms with van der Waals surface area (Å²) >= 11 is 3.30. The van der Waals surface area contributed by atoms with E-state index in [9.17, 15) is 10.1 Å². The Morgan fingerprint density at radius 2 is 2.37 bits per heavy atom. The molecule has 1 saturated heterocycles. The van der Waals surface area contributed by atoms with Crippen molar-refractivity contribution >= 4 is 27.3 Å². The molecule has 19 heavy (non-hydrogen) atoms. The van der Waals surface area contributed by atoms with E-state index >= 15 is 0 Å². The summed E-state index contributed by atoms with van der Waals surface area (Å²) in [5.41, 5.74) is 1.84. The monoisotopic (exact) mass is 328 g/mol. The third-order valence-corrected chi connectivity index (χ3v) is 3.95. The van der Waals surface area contributed by atoms with Gasteiger partial charge in [0.25, 0.3) is 5.69 Å². The van der Waals surface area contributed by atoms with E-state index in [4.69, 9.17) is 4.74 Å². The van der Waals surface area contributed by atoms with Crippen molar-refractivity contribution in [1.82, 2.24) is 0 Å². The maximum absolute atomic E-state index is 10.9. The molecule has 1 aliphatic heterocycles. The maximum atomic E-state index is 10.9. The quantitative estimate of drug-likeness (QED) is 0.473. The van der Waals surface area contributed by atoms with Crippen molar-refractivity contribution in [3.8, 4) is 0 Å². The Labute approximate surface area is 120 Å². The van der Waals surface area contributed by atoms with Crippen LogP contribution in [0.4, 0.5) is 11.4 Å². The molecular formula is C13H17BrN2O3. The van der Waals surface area contributed by atoms with E-state index in [0.29, 0.717) is 10.9 Å². The Balaban J connectivity index is 2.13. The van der Waals surface area contributed by atoms with Crippen LogP contribution in [0.5, 0.6) is 0 Å². The second-order valence-electron chi connectivity index (χ2n) is 4.72. The summed E-state index contributed by atoms with van der Waals surface area (Å²) in [6, 6.07) is 5.22. The molecule has 0 radical (unpaired) electrons. The molecule has 0 N–H and O–H groups in total. The van der Waals surface area contributed by atoms with E-state index in [2.05, 4.69) is 20.8 Å². The molecule has 104 valence electrons. The Bertz CT molecular complexity index is 461. The second kappa shape index (κ2) is 6.34. The number of hydrogen-bond acceptors (Lipinski definition) is 4. The Hall–Kier alpha value is -1.14. The number of nitrogens with zero attached hydrogens (tertiary/aromatic N) is 2. The average Bonchev–Trinajstić information content (AvgIpc) is 2.90. The first kappa shape index (κ1) is 14.3. The maximum Gasteiger partial charge on any atom is 0.273 e. The fourth-order valence-electron chi connectivity index (χ4n) is 2.29. The van der Waals surface area contributed by atoms with Gasteiger partial charge in [0.05, 0.1) is 11.0 Å². The highest BCUT2D eigenvalue weighted by molar-refractivity contribution is 9.08. The van der Waals surface area contributed by atoms with Gasteiger partial charge in [-0.05, 0) is 25.0 Å². The van der Waals surface area contributed by atoms with Crippen LogP contribution in [0.1, 0.15) is 18.4 Å². The molecule has 1 fully saturated rings. The second-order valence-corrected chi connectivity index (χ2v) is 5.28. The SMILES string of the molecule is CN(CC1CCCO1)c1ccc([N+](=O)[O-])c(CBr)c1. The molecule has 0 aliphatic carbocycles. The molecule has 1 heterocycles. The van der Waals surface area contributed by atoms with Gasteiger partial charge in [0.1, 0.15) is 0 Å². The van der Waals surface area contributed by atoms with Crippen LogP contribution in [0.3, 0.4) is 0 Å². The lowest BCUT2D eigenvalue weighted by atomic mass is 10.1. The van der Waals surface area contributed by atoms with E-state index in [0.717, 1.165) is 31.7 Å². The lowest BCUT2D eigenvalue weighted by Gasteiger charge is -2.23. The van der Waals surface area contributed by atoms with E-state index in [-0.39, 0.29) is 16.7 Å². The highest BCUT2D eigenvalue weighted by atomic mass is 79.9. The third kappa shape index (κ3) is 3.45. The zero-order valence-corrected chi connectivity index (χ0v) is 12.4. The molecule has 0 amide bonds. The minimum absolute atomic E-state index is 0.158. The van der Waals surface area contributed by atoms with Crippen molar-refractivity contribution in [2.24, 2.45) is 0 Å². The fraction of sp³-hybridized carbons (Fsp3) is 0.538. The fourth-order valence-corrected chi connectivity index (χ4v) is 2.74. The van der Waals surface area contributed by atoms with Gasteiger partial charge in [0.15, 0.2) is 0 Å². The van der Waals surface area contributed by atoms with Gasteiger partial charge in [-0.1, -0.05) is 15.9 Å². The molecule has 1 aromatic rings. The standard InChI is InChI=1S/C13H17BrN2O3/c1-15(9-12-3-2-6-19-12)11-4-5-13(16(17)18)10(7-11)8-14/h4-5,7,12H,2-3,6,8-9H2,1H3. The highest BCUT2D eigenvalue weighted by Crippen LogP contribution is 2.27. The molecule has 1 aromatic carbocycles. The predicted octanol–water partition coefficient (Wildman–Crippen LogP) is 3.10. The number of nitro groups is 1. The van der Waals surface area contributed by atoms with Gasteiger partial charge in [-0.2, -0.15) is 0 Å². The summed E-state index contributed by atoms with van der Waals surface area (Å²) in [5, 5.41) is 11.4. The predicted molar refractivity (Wildman–Crippen MR) is 78.0 cm³/mol. The Morgan fingerprint density at radius 3 is 2.95 bits per heavy atom. The molecule has 2 rings (SSSR count). The van der Waals surface area contributed by atoms with E-state index in [1.807, 2.05) is 13.1 Å². The first-order valence-electron chi connectivity index (χ1n) is 6.28. The van der Waals surface area contributed by atoms with Crippen LogP contribution in [-0.2, 0) is 10.1 Å². The number of halogens is 1. The molecule has 6 heteroatoms. The van der Waals surface area contributed by atoms with Gasteiger partial charge in [-0.3, -0.25) is 10.1 Å². The molecule has 0 bridgehead atoms.